The minimum Gasteiger partial charge on any atom is -0.381 e. The van der Waals surface area contributed by atoms with Gasteiger partial charge in [-0.1, -0.05) is 26.0 Å². The second-order valence-electron chi connectivity index (χ2n) is 6.52. The summed E-state index contributed by atoms with van der Waals surface area (Å²) < 4.78 is 0. The van der Waals surface area contributed by atoms with Crippen LogP contribution in [0.4, 0.5) is 5.69 Å². The van der Waals surface area contributed by atoms with E-state index in [1.807, 2.05) is 0 Å². The molecule has 1 saturated carbocycles. The Hall–Kier alpha value is -1.06. The van der Waals surface area contributed by atoms with Gasteiger partial charge in [0.15, 0.2) is 0 Å². The number of hydrogen-bond donors (Lipinski definition) is 1. The molecule has 21 heavy (non-hydrogen) atoms. The summed E-state index contributed by atoms with van der Waals surface area (Å²) in [4.78, 5) is 5.13. The normalized spacial score (nSPS) is 22.9. The molecule has 0 amide bonds. The smallest absolute Gasteiger partial charge is 0.0400 e. The number of rotatable bonds is 7. The zero-order valence-corrected chi connectivity index (χ0v) is 13.5. The lowest BCUT2D eigenvalue weighted by atomic mass is 10.1. The van der Waals surface area contributed by atoms with Crippen LogP contribution < -0.4 is 5.32 Å². The van der Waals surface area contributed by atoms with E-state index in [0.717, 1.165) is 25.7 Å². The predicted octanol–water partition coefficient (Wildman–Crippen LogP) is 3.18. The zero-order chi connectivity index (χ0) is 14.7. The van der Waals surface area contributed by atoms with Crippen molar-refractivity contribution in [1.82, 2.24) is 9.80 Å². The molecule has 1 atom stereocenters. The summed E-state index contributed by atoms with van der Waals surface area (Å²) in [6.45, 7) is 10.3. The monoisotopic (exact) mass is 287 g/mol. The maximum Gasteiger partial charge on any atom is 0.0400 e. The van der Waals surface area contributed by atoms with E-state index < -0.39 is 0 Å². The minimum absolute atomic E-state index is 0.634. The third-order valence-electron chi connectivity index (χ3n) is 4.88. The Morgan fingerprint density at radius 3 is 2.71 bits per heavy atom. The zero-order valence-electron chi connectivity index (χ0n) is 13.5. The fraction of sp³-hybridized carbons (Fsp3) is 0.667. The van der Waals surface area contributed by atoms with E-state index in [0.29, 0.717) is 6.04 Å². The first-order valence-electron chi connectivity index (χ1n) is 8.60. The molecule has 0 aromatic heterocycles. The Bertz CT molecular complexity index is 452. The van der Waals surface area contributed by atoms with Gasteiger partial charge in [0, 0.05) is 37.4 Å². The molecule has 116 valence electrons. The lowest BCUT2D eigenvalue weighted by Crippen LogP contribution is -2.27. The van der Waals surface area contributed by atoms with Gasteiger partial charge in [-0.3, -0.25) is 9.80 Å². The van der Waals surface area contributed by atoms with E-state index in [9.17, 15) is 0 Å². The van der Waals surface area contributed by atoms with Gasteiger partial charge >= 0.3 is 0 Å². The topological polar surface area (TPSA) is 18.5 Å². The molecular weight excluding hydrogens is 258 g/mol. The summed E-state index contributed by atoms with van der Waals surface area (Å²) in [7, 11) is 0. The average Bonchev–Trinajstić information content (AvgIpc) is 3.26. The molecule has 1 N–H and O–H groups in total. The highest BCUT2D eigenvalue weighted by molar-refractivity contribution is 5.46. The molecule has 1 aromatic rings. The molecule has 2 aliphatic rings. The maximum absolute atomic E-state index is 3.74. The fourth-order valence-corrected chi connectivity index (χ4v) is 3.38. The number of likely N-dealkylation sites (tertiary alicyclic amines) is 1. The highest BCUT2D eigenvalue weighted by Crippen LogP contribution is 2.30. The third kappa shape index (κ3) is 3.98. The van der Waals surface area contributed by atoms with Crippen molar-refractivity contribution in [3.63, 3.8) is 0 Å². The number of anilines is 1. The van der Waals surface area contributed by atoms with Crippen LogP contribution in [0.15, 0.2) is 24.3 Å². The van der Waals surface area contributed by atoms with Gasteiger partial charge in [-0.15, -0.1) is 0 Å². The van der Waals surface area contributed by atoms with E-state index in [-0.39, 0.29) is 0 Å². The van der Waals surface area contributed by atoms with Crippen molar-refractivity contribution in [3.8, 4) is 0 Å². The fourth-order valence-electron chi connectivity index (χ4n) is 3.38. The Morgan fingerprint density at radius 1 is 1.19 bits per heavy atom. The van der Waals surface area contributed by atoms with Crippen LogP contribution in [-0.4, -0.2) is 48.1 Å². The van der Waals surface area contributed by atoms with E-state index in [1.54, 1.807) is 0 Å². The van der Waals surface area contributed by atoms with Crippen LogP contribution in [0.1, 0.15) is 38.7 Å². The molecule has 3 nitrogen and oxygen atoms in total. The number of nitrogens with zero attached hydrogens (tertiary/aromatic N) is 2. The highest BCUT2D eigenvalue weighted by Gasteiger charge is 2.34. The molecule has 3 rings (SSSR count). The molecule has 1 aromatic carbocycles. The first-order valence-corrected chi connectivity index (χ1v) is 8.60. The molecule has 0 radical (unpaired) electrons. The first-order chi connectivity index (χ1) is 10.3. The SMILES string of the molecule is CCN(CC)Cc1cccc(NC2CCN(C3CC3)C2)c1. The van der Waals surface area contributed by atoms with Crippen molar-refractivity contribution in [1.29, 1.82) is 0 Å². The molecule has 1 unspecified atom stereocenters. The number of nitrogens with one attached hydrogen (secondary N) is 1. The third-order valence-corrected chi connectivity index (χ3v) is 4.88. The van der Waals surface area contributed by atoms with Crippen molar-refractivity contribution >= 4 is 5.69 Å². The van der Waals surface area contributed by atoms with Crippen molar-refractivity contribution in [3.05, 3.63) is 29.8 Å². The van der Waals surface area contributed by atoms with Crippen molar-refractivity contribution in [2.24, 2.45) is 0 Å². The van der Waals surface area contributed by atoms with Gasteiger partial charge in [-0.25, -0.2) is 0 Å². The van der Waals surface area contributed by atoms with Crippen LogP contribution >= 0.6 is 0 Å². The van der Waals surface area contributed by atoms with Crippen LogP contribution in [-0.2, 0) is 6.54 Å². The van der Waals surface area contributed by atoms with Gasteiger partial charge in [0.05, 0.1) is 0 Å². The summed E-state index contributed by atoms with van der Waals surface area (Å²) >= 11 is 0. The largest absolute Gasteiger partial charge is 0.381 e. The molecule has 1 aliphatic carbocycles. The molecule has 0 bridgehead atoms. The summed E-state index contributed by atoms with van der Waals surface area (Å²) in [5.41, 5.74) is 2.71. The number of hydrogen-bond acceptors (Lipinski definition) is 3. The first kappa shape index (κ1) is 14.9. The van der Waals surface area contributed by atoms with Gasteiger partial charge in [0.25, 0.3) is 0 Å². The van der Waals surface area contributed by atoms with E-state index in [2.05, 4.69) is 53.2 Å². The molecule has 0 spiro atoms. The maximum atomic E-state index is 3.74. The van der Waals surface area contributed by atoms with E-state index in [4.69, 9.17) is 0 Å². The van der Waals surface area contributed by atoms with Crippen LogP contribution in [0.5, 0.6) is 0 Å². The molecule has 1 aliphatic heterocycles. The Kier molecular flexibility index (Phi) is 4.81. The molecule has 1 saturated heterocycles. The van der Waals surface area contributed by atoms with Gasteiger partial charge in [0.1, 0.15) is 0 Å². The lowest BCUT2D eigenvalue weighted by Gasteiger charge is -2.20. The Balaban J connectivity index is 1.55. The van der Waals surface area contributed by atoms with Crippen LogP contribution in [0.2, 0.25) is 0 Å². The van der Waals surface area contributed by atoms with Gasteiger partial charge in [-0.2, -0.15) is 0 Å². The van der Waals surface area contributed by atoms with Crippen LogP contribution in [0, 0.1) is 0 Å². The summed E-state index contributed by atoms with van der Waals surface area (Å²) in [6.07, 6.45) is 4.13. The molecule has 2 fully saturated rings. The van der Waals surface area contributed by atoms with E-state index in [1.165, 1.54) is 43.6 Å². The minimum atomic E-state index is 0.634. The Morgan fingerprint density at radius 2 is 2.00 bits per heavy atom. The van der Waals surface area contributed by atoms with Gasteiger partial charge < -0.3 is 5.32 Å². The quantitative estimate of drug-likeness (QED) is 0.831. The predicted molar refractivity (Wildman–Crippen MR) is 89.7 cm³/mol. The lowest BCUT2D eigenvalue weighted by molar-refractivity contribution is 0.296. The van der Waals surface area contributed by atoms with Crippen molar-refractivity contribution < 1.29 is 0 Å². The van der Waals surface area contributed by atoms with Gasteiger partial charge in [-0.05, 0) is 50.0 Å². The number of benzene rings is 1. The summed E-state index contributed by atoms with van der Waals surface area (Å²) in [5.74, 6) is 0. The van der Waals surface area contributed by atoms with Crippen LogP contribution in [0.25, 0.3) is 0 Å². The van der Waals surface area contributed by atoms with Crippen LogP contribution in [0.3, 0.4) is 0 Å². The van der Waals surface area contributed by atoms with E-state index >= 15 is 0 Å². The molecule has 1 heterocycles. The van der Waals surface area contributed by atoms with Gasteiger partial charge in [0.2, 0.25) is 0 Å². The summed E-state index contributed by atoms with van der Waals surface area (Å²) in [6, 6.07) is 10.5. The molecular formula is C18H29N3. The summed E-state index contributed by atoms with van der Waals surface area (Å²) in [5, 5.41) is 3.74. The van der Waals surface area contributed by atoms with Crippen molar-refractivity contribution in [2.75, 3.05) is 31.5 Å². The standard InChI is InChI=1S/C18H29N3/c1-3-20(4-2)13-15-6-5-7-16(12-15)19-17-10-11-21(14-17)18-8-9-18/h5-7,12,17-19H,3-4,8-11,13-14H2,1-2H3. The Labute approximate surface area is 129 Å². The molecule has 3 heteroatoms. The second-order valence-corrected chi connectivity index (χ2v) is 6.52. The highest BCUT2D eigenvalue weighted by atomic mass is 15.2. The van der Waals surface area contributed by atoms with Crippen molar-refractivity contribution in [2.45, 2.75) is 51.7 Å². The average molecular weight is 287 g/mol. The second kappa shape index (κ2) is 6.80.